The van der Waals surface area contributed by atoms with Crippen LogP contribution < -0.4 is 10.6 Å². The molecule has 1 aliphatic carbocycles. The van der Waals surface area contributed by atoms with Gasteiger partial charge in [-0.25, -0.2) is 4.98 Å². The van der Waals surface area contributed by atoms with Gasteiger partial charge >= 0.3 is 0 Å². The van der Waals surface area contributed by atoms with Crippen LogP contribution in [-0.2, 0) is 4.79 Å². The fraction of sp³-hybridized carbons (Fsp3) is 0.321. The van der Waals surface area contributed by atoms with Gasteiger partial charge in [-0.1, -0.05) is 63.6 Å². The van der Waals surface area contributed by atoms with Crippen molar-refractivity contribution >= 4 is 40.1 Å². The zero-order valence-electron chi connectivity index (χ0n) is 21.9. The number of thiazole rings is 1. The minimum absolute atomic E-state index is 0. The predicted octanol–water partition coefficient (Wildman–Crippen LogP) is 6.19. The van der Waals surface area contributed by atoms with E-state index in [1.807, 2.05) is 53.4 Å². The van der Waals surface area contributed by atoms with Crippen LogP contribution in [-0.4, -0.2) is 33.2 Å². The largest absolute Gasteiger partial charge is 0.487 e. The summed E-state index contributed by atoms with van der Waals surface area (Å²) in [5, 5.41) is 7.73. The fourth-order valence-corrected chi connectivity index (χ4v) is 4.13. The average Bonchev–Trinajstić information content (AvgIpc) is 3.38. The molecule has 2 N–H and O–H groups in total. The number of hydrogen-bond donors (Lipinski definition) is 2. The van der Waals surface area contributed by atoms with Gasteiger partial charge in [0.2, 0.25) is 11.8 Å². The molecular formula is C28H33N4NdO3S-. The zero-order valence-corrected chi connectivity index (χ0v) is 25.9. The van der Waals surface area contributed by atoms with E-state index in [0.29, 0.717) is 22.0 Å². The molecule has 0 radical (unpaired) electrons. The summed E-state index contributed by atoms with van der Waals surface area (Å²) in [5.74, 6) is -0.673. The van der Waals surface area contributed by atoms with Crippen LogP contribution in [0.15, 0.2) is 48.1 Å². The SMILES string of the molecule is C/C=C\c1ccc(-c2csc(NC(=O)C(C)NC(=O)c3ccn([C-]4CC4)c3)n2)cc1C(C)=O.CCC.[Nd]. The summed E-state index contributed by atoms with van der Waals surface area (Å²) in [6, 6.07) is 7.90. The van der Waals surface area contributed by atoms with E-state index < -0.39 is 6.04 Å². The first-order valence-corrected chi connectivity index (χ1v) is 13.0. The molecule has 0 saturated heterocycles. The van der Waals surface area contributed by atoms with Crippen molar-refractivity contribution in [2.45, 2.75) is 59.9 Å². The minimum Gasteiger partial charge on any atom is -0.487 e. The molecule has 1 saturated carbocycles. The maximum absolute atomic E-state index is 12.6. The third kappa shape index (κ3) is 8.61. The molecule has 2 aromatic heterocycles. The summed E-state index contributed by atoms with van der Waals surface area (Å²) in [6.45, 7) is 9.32. The number of carbonyl (C=O) groups excluding carboxylic acids is 3. The van der Waals surface area contributed by atoms with Crippen molar-refractivity contribution in [1.82, 2.24) is 14.9 Å². The van der Waals surface area contributed by atoms with Gasteiger partial charge in [0.25, 0.3) is 0 Å². The predicted molar refractivity (Wildman–Crippen MR) is 146 cm³/mol. The summed E-state index contributed by atoms with van der Waals surface area (Å²) in [6.07, 6.45) is 10.8. The summed E-state index contributed by atoms with van der Waals surface area (Å²) in [7, 11) is 0. The van der Waals surface area contributed by atoms with Crippen molar-refractivity contribution in [3.8, 4) is 11.3 Å². The molecular weight excluding hydrogens is 617 g/mol. The fourth-order valence-electron chi connectivity index (χ4n) is 3.41. The number of hydrogen-bond acceptors (Lipinski definition) is 5. The number of ketones is 1. The van der Waals surface area contributed by atoms with E-state index >= 15 is 0 Å². The third-order valence-corrected chi connectivity index (χ3v) is 6.10. The van der Waals surface area contributed by atoms with Crippen molar-refractivity contribution in [2.75, 3.05) is 5.32 Å². The smallest absolute Gasteiger partial charge is 0.248 e. The molecule has 0 spiro atoms. The Morgan fingerprint density at radius 3 is 2.54 bits per heavy atom. The third-order valence-electron chi connectivity index (χ3n) is 5.34. The van der Waals surface area contributed by atoms with Gasteiger partial charge in [-0.05, 0) is 38.0 Å². The van der Waals surface area contributed by atoms with Crippen LogP contribution in [0, 0.1) is 46.9 Å². The van der Waals surface area contributed by atoms with Crippen molar-refractivity contribution in [3.63, 3.8) is 0 Å². The van der Waals surface area contributed by atoms with Gasteiger partial charge in [-0.15, -0.1) is 29.6 Å². The van der Waals surface area contributed by atoms with Crippen LogP contribution >= 0.6 is 11.3 Å². The Labute approximate surface area is 255 Å². The quantitative estimate of drug-likeness (QED) is 0.225. The van der Waals surface area contributed by atoms with E-state index in [2.05, 4.69) is 29.5 Å². The minimum atomic E-state index is -0.730. The zero-order chi connectivity index (χ0) is 26.2. The molecule has 1 aromatic carbocycles. The number of rotatable bonds is 8. The molecule has 1 aliphatic rings. The molecule has 1 fully saturated rings. The second-order valence-electron chi connectivity index (χ2n) is 8.66. The topological polar surface area (TPSA) is 93.1 Å². The maximum Gasteiger partial charge on any atom is 0.248 e. The number of nitrogens with zero attached hydrogens (tertiary/aromatic N) is 2. The summed E-state index contributed by atoms with van der Waals surface area (Å²) < 4.78 is 1.96. The van der Waals surface area contributed by atoms with Crippen LogP contribution in [0.5, 0.6) is 0 Å². The van der Waals surface area contributed by atoms with E-state index in [4.69, 9.17) is 0 Å². The van der Waals surface area contributed by atoms with Gasteiger partial charge in [0, 0.05) is 57.3 Å². The van der Waals surface area contributed by atoms with E-state index in [0.717, 1.165) is 24.0 Å². The van der Waals surface area contributed by atoms with Crippen molar-refractivity contribution in [2.24, 2.45) is 0 Å². The maximum atomic E-state index is 12.6. The second kappa shape index (κ2) is 14.6. The van der Waals surface area contributed by atoms with Crippen LogP contribution in [0.3, 0.4) is 0 Å². The number of benzene rings is 1. The number of Topliss-reactive ketones (excluding diaryl/α,β-unsaturated/α-hetero) is 1. The molecule has 9 heteroatoms. The molecule has 37 heavy (non-hydrogen) atoms. The van der Waals surface area contributed by atoms with Crippen LogP contribution in [0.2, 0.25) is 0 Å². The Hall–Kier alpha value is -2.30. The van der Waals surface area contributed by atoms with Crippen LogP contribution in [0.25, 0.3) is 17.3 Å². The summed E-state index contributed by atoms with van der Waals surface area (Å²) >= 11 is 1.29. The summed E-state index contributed by atoms with van der Waals surface area (Å²) in [5.41, 5.74) is 3.46. The van der Waals surface area contributed by atoms with Crippen molar-refractivity contribution < 1.29 is 55.2 Å². The Kier molecular flexibility index (Phi) is 12.2. The second-order valence-corrected chi connectivity index (χ2v) is 9.52. The standard InChI is InChI=1S/C25H25N4O3S.C3H8.Nd/c1-4-5-17-6-7-18(12-21(17)16(3)30)22-14-33-25(27-22)28-23(31)15(2)26-24(32)19-10-11-29(13-19)20-8-9-20;1-3-2;/h4-7,10-15H,8-9H2,1-3H3,(H,26,32)(H,27,28,31);3H2,1-2H3;/q-1;;/b5-4-;;. The molecule has 2 heterocycles. The van der Waals surface area contributed by atoms with E-state index in [-0.39, 0.29) is 58.4 Å². The van der Waals surface area contributed by atoms with Gasteiger partial charge in [0.15, 0.2) is 10.9 Å². The van der Waals surface area contributed by atoms with E-state index in [1.165, 1.54) is 30.7 Å². The average molecular weight is 650 g/mol. The number of allylic oxidation sites excluding steroid dienone is 1. The molecule has 3 aromatic rings. The van der Waals surface area contributed by atoms with Gasteiger partial charge < -0.3 is 15.2 Å². The van der Waals surface area contributed by atoms with Gasteiger partial charge in [0.1, 0.15) is 6.04 Å². The first kappa shape index (κ1) is 30.9. The molecule has 4 rings (SSSR count). The molecule has 1 unspecified atom stereocenters. The molecule has 7 nitrogen and oxygen atoms in total. The Bertz CT molecular complexity index is 1260. The van der Waals surface area contributed by atoms with E-state index in [1.54, 1.807) is 19.2 Å². The number of aromatic nitrogens is 2. The van der Waals surface area contributed by atoms with Crippen LogP contribution in [0.4, 0.5) is 5.13 Å². The van der Waals surface area contributed by atoms with Gasteiger partial charge in [-0.3, -0.25) is 14.4 Å². The first-order chi connectivity index (χ1) is 17.3. The Morgan fingerprint density at radius 1 is 1.22 bits per heavy atom. The monoisotopic (exact) mass is 647 g/mol. The van der Waals surface area contributed by atoms with Gasteiger partial charge in [0.05, 0.1) is 5.69 Å². The molecule has 0 bridgehead atoms. The first-order valence-electron chi connectivity index (χ1n) is 12.2. The molecule has 2 amide bonds. The van der Waals surface area contributed by atoms with Crippen LogP contribution in [0.1, 0.15) is 80.2 Å². The molecule has 0 aliphatic heterocycles. The normalized spacial score (nSPS) is 12.7. The van der Waals surface area contributed by atoms with Crippen molar-refractivity contribution in [3.05, 3.63) is 70.8 Å². The molecule has 194 valence electrons. The number of nitrogens with one attached hydrogen (secondary N) is 2. The van der Waals surface area contributed by atoms with Gasteiger partial charge in [-0.2, -0.15) is 0 Å². The Balaban J connectivity index is 0.00000115. The van der Waals surface area contributed by atoms with Crippen molar-refractivity contribution in [1.29, 1.82) is 0 Å². The Morgan fingerprint density at radius 2 is 1.92 bits per heavy atom. The number of anilines is 1. The molecule has 1 atom stereocenters. The number of carbonyl (C=O) groups is 3. The summed E-state index contributed by atoms with van der Waals surface area (Å²) in [4.78, 5) is 41.6. The van der Waals surface area contributed by atoms with E-state index in [9.17, 15) is 14.4 Å². The number of amides is 2.